The Bertz CT molecular complexity index is 412. The number of anilines is 2. The second-order valence-corrected chi connectivity index (χ2v) is 4.56. The smallest absolute Gasteiger partial charge is 0.226 e. The van der Waals surface area contributed by atoms with Crippen LogP contribution in [-0.4, -0.2) is 18.5 Å². The summed E-state index contributed by atoms with van der Waals surface area (Å²) >= 11 is 0. The van der Waals surface area contributed by atoms with E-state index in [-0.39, 0.29) is 5.91 Å². The van der Waals surface area contributed by atoms with E-state index in [4.69, 9.17) is 0 Å². The number of carbonyl (C=O) groups excluding carboxylic acids is 1. The lowest BCUT2D eigenvalue weighted by Crippen LogP contribution is -2.32. The largest absolute Gasteiger partial charge is 0.367 e. The molecule has 0 fully saturated rings. The van der Waals surface area contributed by atoms with Crippen LogP contribution in [0.25, 0.3) is 0 Å². The first-order chi connectivity index (χ1) is 7.59. The number of nitrogens with zero attached hydrogens (tertiary/aromatic N) is 1. The van der Waals surface area contributed by atoms with Crippen molar-refractivity contribution in [1.82, 2.24) is 0 Å². The fraction of sp³-hybridized carbons (Fsp3) is 0.462. The van der Waals surface area contributed by atoms with Crippen molar-refractivity contribution >= 4 is 17.3 Å². The van der Waals surface area contributed by atoms with Crippen LogP contribution in [0.4, 0.5) is 11.4 Å². The van der Waals surface area contributed by atoms with Crippen LogP contribution in [0.1, 0.15) is 25.8 Å². The number of carbonyl (C=O) groups is 1. The maximum absolute atomic E-state index is 11.6. The van der Waals surface area contributed by atoms with Crippen molar-refractivity contribution in [2.24, 2.45) is 0 Å². The van der Waals surface area contributed by atoms with Gasteiger partial charge in [0.15, 0.2) is 0 Å². The quantitative estimate of drug-likeness (QED) is 0.785. The van der Waals surface area contributed by atoms with Gasteiger partial charge in [0.1, 0.15) is 0 Å². The van der Waals surface area contributed by atoms with Gasteiger partial charge in [-0.2, -0.15) is 0 Å². The van der Waals surface area contributed by atoms with Crippen LogP contribution in [0.15, 0.2) is 18.2 Å². The molecule has 2 rings (SSSR count). The third-order valence-electron chi connectivity index (χ3n) is 3.00. The van der Waals surface area contributed by atoms with Crippen LogP contribution in [0.2, 0.25) is 0 Å². The number of nitrogens with one attached hydrogen (secondary N) is 1. The van der Waals surface area contributed by atoms with Gasteiger partial charge in [0.2, 0.25) is 5.91 Å². The Morgan fingerprint density at radius 1 is 1.38 bits per heavy atom. The minimum atomic E-state index is 0.106. The molecule has 0 spiro atoms. The van der Waals surface area contributed by atoms with E-state index in [9.17, 15) is 4.79 Å². The van der Waals surface area contributed by atoms with Crippen LogP contribution in [0, 0.1) is 6.92 Å². The molecule has 1 aliphatic rings. The number of hydrogen-bond donors (Lipinski definition) is 1. The summed E-state index contributed by atoms with van der Waals surface area (Å²) in [6.45, 7) is 7.20. The topological polar surface area (TPSA) is 32.3 Å². The zero-order valence-electron chi connectivity index (χ0n) is 10.1. The second kappa shape index (κ2) is 4.16. The molecule has 3 nitrogen and oxygen atoms in total. The van der Waals surface area contributed by atoms with Gasteiger partial charge in [-0.3, -0.25) is 4.79 Å². The Labute approximate surface area is 96.5 Å². The zero-order chi connectivity index (χ0) is 11.7. The van der Waals surface area contributed by atoms with E-state index in [2.05, 4.69) is 37.1 Å². The van der Waals surface area contributed by atoms with Gasteiger partial charge in [-0.15, -0.1) is 0 Å². The highest BCUT2D eigenvalue weighted by atomic mass is 16.1. The zero-order valence-corrected chi connectivity index (χ0v) is 10.1. The molecule has 0 aliphatic carbocycles. The summed E-state index contributed by atoms with van der Waals surface area (Å²) in [5, 5.41) is 2.97. The monoisotopic (exact) mass is 218 g/mol. The van der Waals surface area contributed by atoms with Crippen molar-refractivity contribution in [3.05, 3.63) is 23.8 Å². The Balaban J connectivity index is 2.52. The number of hydrogen-bond acceptors (Lipinski definition) is 2. The van der Waals surface area contributed by atoms with Crippen molar-refractivity contribution in [3.8, 4) is 0 Å². The molecule has 1 N–H and O–H groups in total. The normalized spacial score (nSPS) is 15.8. The molecule has 1 aromatic rings. The van der Waals surface area contributed by atoms with Gasteiger partial charge < -0.3 is 10.2 Å². The molecule has 16 heavy (non-hydrogen) atoms. The van der Waals surface area contributed by atoms with Gasteiger partial charge in [-0.25, -0.2) is 0 Å². The van der Waals surface area contributed by atoms with E-state index in [0.717, 1.165) is 12.2 Å². The molecule has 3 heteroatoms. The Kier molecular flexibility index (Phi) is 2.86. The first-order valence-corrected chi connectivity index (χ1v) is 5.75. The van der Waals surface area contributed by atoms with E-state index in [1.54, 1.807) is 0 Å². The predicted molar refractivity (Wildman–Crippen MR) is 66.9 cm³/mol. The minimum Gasteiger partial charge on any atom is -0.367 e. The van der Waals surface area contributed by atoms with Gasteiger partial charge in [-0.05, 0) is 32.4 Å². The molecule has 0 unspecified atom stereocenters. The number of rotatable bonds is 1. The lowest BCUT2D eigenvalue weighted by Gasteiger charge is -2.29. The van der Waals surface area contributed by atoms with E-state index in [0.29, 0.717) is 12.5 Å². The SMILES string of the molecule is Cc1cccc2c1N(C(C)C)CCC(=O)N2. The van der Waals surface area contributed by atoms with Gasteiger partial charge in [0.05, 0.1) is 11.4 Å². The average molecular weight is 218 g/mol. The summed E-state index contributed by atoms with van der Waals surface area (Å²) in [5.74, 6) is 0.106. The van der Waals surface area contributed by atoms with Gasteiger partial charge in [-0.1, -0.05) is 12.1 Å². The molecule has 86 valence electrons. The standard InChI is InChI=1S/C13H18N2O/c1-9(2)15-8-7-12(16)14-11-6-4-5-10(3)13(11)15/h4-6,9H,7-8H2,1-3H3,(H,14,16). The molecule has 1 heterocycles. The third-order valence-corrected chi connectivity index (χ3v) is 3.00. The molecule has 0 radical (unpaired) electrons. The van der Waals surface area contributed by atoms with Crippen LogP contribution >= 0.6 is 0 Å². The Morgan fingerprint density at radius 3 is 2.81 bits per heavy atom. The molecule has 0 saturated heterocycles. The second-order valence-electron chi connectivity index (χ2n) is 4.56. The molecular weight excluding hydrogens is 200 g/mol. The van der Waals surface area contributed by atoms with Crippen molar-refractivity contribution in [2.75, 3.05) is 16.8 Å². The average Bonchev–Trinajstić information content (AvgIpc) is 2.37. The van der Waals surface area contributed by atoms with E-state index in [1.165, 1.54) is 11.3 Å². The van der Waals surface area contributed by atoms with Crippen LogP contribution in [-0.2, 0) is 4.79 Å². The summed E-state index contributed by atoms with van der Waals surface area (Å²) in [5.41, 5.74) is 3.33. The van der Waals surface area contributed by atoms with E-state index < -0.39 is 0 Å². The minimum absolute atomic E-state index is 0.106. The highest BCUT2D eigenvalue weighted by Crippen LogP contribution is 2.33. The Hall–Kier alpha value is -1.51. The molecule has 0 atom stereocenters. The fourth-order valence-corrected chi connectivity index (χ4v) is 2.20. The van der Waals surface area contributed by atoms with Gasteiger partial charge in [0, 0.05) is 19.0 Å². The molecule has 0 saturated carbocycles. The summed E-state index contributed by atoms with van der Waals surface area (Å²) in [4.78, 5) is 13.9. The number of aryl methyl sites for hydroxylation is 1. The van der Waals surface area contributed by atoms with Gasteiger partial charge in [0.25, 0.3) is 0 Å². The number of amides is 1. The molecule has 1 aromatic carbocycles. The van der Waals surface area contributed by atoms with Crippen molar-refractivity contribution < 1.29 is 4.79 Å². The molecule has 0 bridgehead atoms. The van der Waals surface area contributed by atoms with Crippen LogP contribution in [0.5, 0.6) is 0 Å². The third kappa shape index (κ3) is 1.90. The van der Waals surface area contributed by atoms with Crippen LogP contribution < -0.4 is 10.2 Å². The number of benzene rings is 1. The van der Waals surface area contributed by atoms with Crippen molar-refractivity contribution in [2.45, 2.75) is 33.2 Å². The predicted octanol–water partition coefficient (Wildman–Crippen LogP) is 2.55. The molecule has 1 aliphatic heterocycles. The molecule has 0 aromatic heterocycles. The lowest BCUT2D eigenvalue weighted by molar-refractivity contribution is -0.115. The fourth-order valence-electron chi connectivity index (χ4n) is 2.20. The lowest BCUT2D eigenvalue weighted by atomic mass is 10.1. The molecule has 1 amide bonds. The molecular formula is C13H18N2O. The first kappa shape index (κ1) is 11.0. The van der Waals surface area contributed by atoms with Crippen molar-refractivity contribution in [1.29, 1.82) is 0 Å². The summed E-state index contributed by atoms with van der Waals surface area (Å²) in [6, 6.07) is 6.46. The van der Waals surface area contributed by atoms with Gasteiger partial charge >= 0.3 is 0 Å². The van der Waals surface area contributed by atoms with Crippen LogP contribution in [0.3, 0.4) is 0 Å². The summed E-state index contributed by atoms with van der Waals surface area (Å²) in [7, 11) is 0. The van der Waals surface area contributed by atoms with E-state index >= 15 is 0 Å². The first-order valence-electron chi connectivity index (χ1n) is 5.75. The van der Waals surface area contributed by atoms with E-state index in [1.807, 2.05) is 12.1 Å². The highest BCUT2D eigenvalue weighted by molar-refractivity contribution is 5.96. The number of para-hydroxylation sites is 1. The summed E-state index contributed by atoms with van der Waals surface area (Å²) in [6.07, 6.45) is 0.562. The number of fused-ring (bicyclic) bond motifs is 1. The summed E-state index contributed by atoms with van der Waals surface area (Å²) < 4.78 is 0. The highest BCUT2D eigenvalue weighted by Gasteiger charge is 2.22. The van der Waals surface area contributed by atoms with Crippen molar-refractivity contribution in [3.63, 3.8) is 0 Å². The Morgan fingerprint density at radius 2 is 2.12 bits per heavy atom. The maximum atomic E-state index is 11.6. The maximum Gasteiger partial charge on any atom is 0.226 e.